The van der Waals surface area contributed by atoms with Crippen LogP contribution >= 0.6 is 50.3 Å². The van der Waals surface area contributed by atoms with E-state index >= 15 is 4.39 Å². The van der Waals surface area contributed by atoms with Crippen LogP contribution < -0.4 is 9.64 Å². The van der Waals surface area contributed by atoms with Crippen molar-refractivity contribution in [2.75, 3.05) is 31.4 Å². The van der Waals surface area contributed by atoms with Crippen molar-refractivity contribution in [1.82, 2.24) is 14.9 Å². The molecule has 0 saturated carbocycles. The lowest BCUT2D eigenvalue weighted by Gasteiger charge is -2.42. The fourth-order valence-corrected chi connectivity index (χ4v) is 5.86. The van der Waals surface area contributed by atoms with Crippen LogP contribution in [0.1, 0.15) is 33.6 Å². The topological polar surface area (TPSA) is 67.8 Å². The summed E-state index contributed by atoms with van der Waals surface area (Å²) in [7, 11) is 1.57. The maximum atomic E-state index is 15.2. The van der Waals surface area contributed by atoms with Crippen LogP contribution in [-0.2, 0) is 4.74 Å². The SMILES string of the molecule is COc1c(I)c(Br)c(F)c2nc(SC)nc(N3CC4CCC(C3)N4C(=O)OC(C)(C)C)c12. The first-order valence-corrected chi connectivity index (χ1v) is 13.4. The summed E-state index contributed by atoms with van der Waals surface area (Å²) in [4.78, 5) is 26.1. The Bertz CT molecular complexity index is 1070. The number of halogens is 3. The summed E-state index contributed by atoms with van der Waals surface area (Å²) in [5, 5.41) is 1.05. The molecule has 2 fully saturated rings. The number of amides is 1. The van der Waals surface area contributed by atoms with E-state index in [2.05, 4.69) is 48.4 Å². The van der Waals surface area contributed by atoms with Crippen LogP contribution in [0.15, 0.2) is 9.63 Å². The first-order chi connectivity index (χ1) is 15.1. The number of methoxy groups -OCH3 is 1. The lowest BCUT2D eigenvalue weighted by Crippen LogP contribution is -2.57. The third-order valence-electron chi connectivity index (χ3n) is 5.66. The standard InChI is InChI=1S/C21H25BrFIN4O3S/c1-21(2,3)31-20(29)28-10-6-7-11(28)9-27(8-10)18-12-16(25-19(26-18)32-5)14(23)13(22)15(24)17(12)30-4/h10-11H,6-9H2,1-5H3. The second kappa shape index (κ2) is 8.94. The molecule has 7 nitrogen and oxygen atoms in total. The number of piperazine rings is 1. The Kier molecular flexibility index (Phi) is 6.72. The number of anilines is 1. The zero-order valence-electron chi connectivity index (χ0n) is 18.5. The first-order valence-electron chi connectivity index (χ1n) is 10.3. The Labute approximate surface area is 213 Å². The van der Waals surface area contributed by atoms with E-state index in [1.165, 1.54) is 11.8 Å². The lowest BCUT2D eigenvalue weighted by molar-refractivity contribution is 0.0123. The lowest BCUT2D eigenvalue weighted by atomic mass is 10.1. The molecule has 1 aromatic carbocycles. The maximum absolute atomic E-state index is 15.2. The monoisotopic (exact) mass is 638 g/mol. The molecular weight excluding hydrogens is 614 g/mol. The largest absolute Gasteiger partial charge is 0.495 e. The van der Waals surface area contributed by atoms with Crippen molar-refractivity contribution >= 4 is 73.1 Å². The van der Waals surface area contributed by atoms with Gasteiger partial charge in [0, 0.05) is 13.1 Å². The van der Waals surface area contributed by atoms with Crippen molar-refractivity contribution < 1.29 is 18.7 Å². The van der Waals surface area contributed by atoms with Crippen LogP contribution in [0.25, 0.3) is 10.9 Å². The predicted octanol–water partition coefficient (Wildman–Crippen LogP) is 5.45. The van der Waals surface area contributed by atoms with Crippen LogP contribution in [0.4, 0.5) is 15.0 Å². The van der Waals surface area contributed by atoms with E-state index < -0.39 is 11.4 Å². The van der Waals surface area contributed by atoms with Gasteiger partial charge >= 0.3 is 6.09 Å². The zero-order chi connectivity index (χ0) is 23.4. The highest BCUT2D eigenvalue weighted by atomic mass is 127. The summed E-state index contributed by atoms with van der Waals surface area (Å²) in [6, 6.07) is 0.0217. The van der Waals surface area contributed by atoms with Crippen molar-refractivity contribution in [3.8, 4) is 5.75 Å². The Morgan fingerprint density at radius 1 is 1.25 bits per heavy atom. The minimum atomic E-state index is -0.543. The van der Waals surface area contributed by atoms with Gasteiger partial charge in [-0.3, -0.25) is 4.90 Å². The highest BCUT2D eigenvalue weighted by molar-refractivity contribution is 14.1. The van der Waals surface area contributed by atoms with Crippen molar-refractivity contribution in [2.45, 2.75) is 56.5 Å². The number of carbonyl (C=O) groups is 1. The molecule has 3 heterocycles. The third kappa shape index (κ3) is 4.24. The second-order valence-electron chi connectivity index (χ2n) is 8.91. The molecule has 2 saturated heterocycles. The number of ether oxygens (including phenoxy) is 2. The van der Waals surface area contributed by atoms with Crippen LogP contribution in [-0.4, -0.2) is 65.1 Å². The number of hydrogen-bond donors (Lipinski definition) is 0. The summed E-state index contributed by atoms with van der Waals surface area (Å²) >= 11 is 6.77. The fourth-order valence-electron chi connectivity index (χ4n) is 4.41. The number of thioether (sulfide) groups is 1. The average molecular weight is 639 g/mol. The maximum Gasteiger partial charge on any atom is 0.410 e. The van der Waals surface area contributed by atoms with E-state index in [1.807, 2.05) is 31.9 Å². The molecule has 0 spiro atoms. The third-order valence-corrected chi connectivity index (χ3v) is 8.72. The van der Waals surface area contributed by atoms with Gasteiger partial charge in [-0.1, -0.05) is 11.8 Å². The van der Waals surface area contributed by atoms with Crippen LogP contribution in [0.5, 0.6) is 5.75 Å². The van der Waals surface area contributed by atoms with E-state index in [-0.39, 0.29) is 23.7 Å². The zero-order valence-corrected chi connectivity index (χ0v) is 23.1. The quantitative estimate of drug-likeness (QED) is 0.192. The Hall–Kier alpha value is -1.08. The number of nitrogens with zero attached hydrogens (tertiary/aromatic N) is 4. The molecule has 2 aromatic rings. The Morgan fingerprint density at radius 3 is 2.41 bits per heavy atom. The molecule has 0 radical (unpaired) electrons. The molecule has 1 amide bonds. The van der Waals surface area contributed by atoms with Gasteiger partial charge in [0.15, 0.2) is 11.0 Å². The molecule has 2 unspecified atom stereocenters. The molecule has 4 rings (SSSR count). The number of carbonyl (C=O) groups excluding carboxylic acids is 1. The summed E-state index contributed by atoms with van der Waals surface area (Å²) in [6.45, 7) is 6.81. The van der Waals surface area contributed by atoms with Crippen molar-refractivity contribution in [2.24, 2.45) is 0 Å². The van der Waals surface area contributed by atoms with Gasteiger partial charge in [0.25, 0.3) is 0 Å². The van der Waals surface area contributed by atoms with Gasteiger partial charge in [0.05, 0.1) is 32.6 Å². The summed E-state index contributed by atoms with van der Waals surface area (Å²) in [6.07, 6.45) is 3.39. The van der Waals surface area contributed by atoms with E-state index in [0.717, 1.165) is 12.8 Å². The van der Waals surface area contributed by atoms with Crippen LogP contribution in [0.3, 0.4) is 0 Å². The van der Waals surface area contributed by atoms with E-state index in [4.69, 9.17) is 14.5 Å². The molecule has 0 aliphatic carbocycles. The summed E-state index contributed by atoms with van der Waals surface area (Å²) in [5.41, 5.74) is -0.316. The highest BCUT2D eigenvalue weighted by Crippen LogP contribution is 2.44. The molecular formula is C21H25BrFIN4O3S. The molecule has 11 heteroatoms. The highest BCUT2D eigenvalue weighted by Gasteiger charge is 2.45. The fraction of sp³-hybridized carbons (Fsp3) is 0.571. The predicted molar refractivity (Wildman–Crippen MR) is 135 cm³/mol. The number of benzene rings is 1. The van der Waals surface area contributed by atoms with Gasteiger partial charge in [0.1, 0.15) is 22.7 Å². The van der Waals surface area contributed by atoms with Crippen molar-refractivity contribution in [3.63, 3.8) is 0 Å². The smallest absolute Gasteiger partial charge is 0.410 e. The van der Waals surface area contributed by atoms with Crippen molar-refractivity contribution in [1.29, 1.82) is 0 Å². The molecule has 2 atom stereocenters. The molecule has 1 aromatic heterocycles. The van der Waals surface area contributed by atoms with Gasteiger partial charge in [-0.2, -0.15) is 0 Å². The van der Waals surface area contributed by atoms with Crippen LogP contribution in [0, 0.1) is 9.39 Å². The van der Waals surface area contributed by atoms with Gasteiger partial charge in [-0.25, -0.2) is 19.2 Å². The van der Waals surface area contributed by atoms with E-state index in [1.54, 1.807) is 7.11 Å². The number of hydrogen-bond acceptors (Lipinski definition) is 7. The molecule has 2 aliphatic heterocycles. The van der Waals surface area contributed by atoms with Gasteiger partial charge in [-0.05, 0) is 78.4 Å². The minimum Gasteiger partial charge on any atom is -0.495 e. The van der Waals surface area contributed by atoms with Crippen LogP contribution in [0.2, 0.25) is 0 Å². The molecule has 174 valence electrons. The first kappa shape index (κ1) is 24.1. The van der Waals surface area contributed by atoms with E-state index in [0.29, 0.717) is 43.2 Å². The Balaban J connectivity index is 1.78. The summed E-state index contributed by atoms with van der Waals surface area (Å²) in [5.74, 6) is 0.749. The average Bonchev–Trinajstić information content (AvgIpc) is 3.00. The molecule has 32 heavy (non-hydrogen) atoms. The molecule has 2 bridgehead atoms. The van der Waals surface area contributed by atoms with Gasteiger partial charge < -0.3 is 14.4 Å². The van der Waals surface area contributed by atoms with Gasteiger partial charge in [0.2, 0.25) is 0 Å². The van der Waals surface area contributed by atoms with E-state index in [9.17, 15) is 4.79 Å². The number of aromatic nitrogens is 2. The molecule has 2 aliphatic rings. The second-order valence-corrected chi connectivity index (χ2v) is 11.6. The van der Waals surface area contributed by atoms with Gasteiger partial charge in [-0.15, -0.1) is 0 Å². The normalized spacial score (nSPS) is 20.8. The Morgan fingerprint density at radius 2 is 1.88 bits per heavy atom. The minimum absolute atomic E-state index is 0.0108. The number of rotatable bonds is 3. The summed E-state index contributed by atoms with van der Waals surface area (Å²) < 4.78 is 27.5. The van der Waals surface area contributed by atoms with Crippen molar-refractivity contribution in [3.05, 3.63) is 13.9 Å². The molecule has 0 N–H and O–H groups in total. The number of fused-ring (bicyclic) bond motifs is 3.